The van der Waals surface area contributed by atoms with Gasteiger partial charge in [0.25, 0.3) is 5.91 Å². The summed E-state index contributed by atoms with van der Waals surface area (Å²) < 4.78 is 50.6. The third kappa shape index (κ3) is 5.88. The van der Waals surface area contributed by atoms with Crippen LogP contribution in [0, 0.1) is 0 Å². The van der Waals surface area contributed by atoms with Crippen LogP contribution in [0.1, 0.15) is 58.8 Å². The monoisotopic (exact) mass is 613 g/mol. The van der Waals surface area contributed by atoms with E-state index in [2.05, 4.69) is 25.8 Å². The minimum atomic E-state index is -4.64. The summed E-state index contributed by atoms with van der Waals surface area (Å²) in [6, 6.07) is 6.19. The van der Waals surface area contributed by atoms with Crippen molar-refractivity contribution < 1.29 is 22.7 Å². The summed E-state index contributed by atoms with van der Waals surface area (Å²) in [5.74, 6) is 6.20. The number of hydrogen-bond acceptors (Lipinski definition) is 8. The molecule has 1 fully saturated rings. The first-order chi connectivity index (χ1) is 20.9. The van der Waals surface area contributed by atoms with Gasteiger partial charge in [-0.2, -0.15) is 18.3 Å². The number of benzene rings is 1. The Hall–Kier alpha value is -4.01. The quantitative estimate of drug-likeness (QED) is 0.136. The minimum absolute atomic E-state index is 0.0273. The van der Waals surface area contributed by atoms with E-state index >= 15 is 0 Å². The van der Waals surface area contributed by atoms with Crippen molar-refractivity contribution >= 4 is 23.4 Å². The van der Waals surface area contributed by atoms with E-state index in [9.17, 15) is 18.0 Å². The van der Waals surface area contributed by atoms with Crippen LogP contribution in [0.2, 0.25) is 0 Å². The lowest BCUT2D eigenvalue weighted by atomic mass is 9.79. The molecule has 1 amide bonds. The molecule has 0 bridgehead atoms. The number of pyridine rings is 1. The van der Waals surface area contributed by atoms with Gasteiger partial charge in [-0.1, -0.05) is 0 Å². The summed E-state index contributed by atoms with van der Waals surface area (Å²) in [6.45, 7) is 3.00. The van der Waals surface area contributed by atoms with Gasteiger partial charge < -0.3 is 15.5 Å². The SMILES string of the molecule is CCNc1cc(-c2c(C(=NC)NN)cnn2C)cc(N2Cc3c(cc(CN(C)CC4(OC)CCC4)cc3C(F)(F)F)C2=O)n1. The standard InChI is InChI=1S/C30H38F3N9O2/c1-6-36-24-12-19(26-21(14-37-41(26)4)27(35-2)39-34)13-25(38-24)42-16-22-20(28(42)43)10-18(11-23(22)30(31,32)33)15-40(3)17-29(44-5)8-7-9-29/h10-14H,6-9,15-17,34H2,1-5H3,(H,35,39)(H,36,38). The Morgan fingerprint density at radius 3 is 2.59 bits per heavy atom. The first kappa shape index (κ1) is 31.4. The third-order valence-corrected chi connectivity index (χ3v) is 8.39. The van der Waals surface area contributed by atoms with Gasteiger partial charge in [-0.25, -0.2) is 10.8 Å². The molecule has 0 spiro atoms. The summed E-state index contributed by atoms with van der Waals surface area (Å²) in [7, 11) is 6.86. The molecule has 0 unspecified atom stereocenters. The van der Waals surface area contributed by atoms with Crippen LogP contribution < -0.4 is 21.5 Å². The molecule has 11 nitrogen and oxygen atoms in total. The fourth-order valence-corrected chi connectivity index (χ4v) is 6.13. The molecule has 1 aromatic carbocycles. The van der Waals surface area contributed by atoms with Gasteiger partial charge in [0.1, 0.15) is 17.5 Å². The number of nitrogens with one attached hydrogen (secondary N) is 2. The number of anilines is 2. The highest BCUT2D eigenvalue weighted by Crippen LogP contribution is 2.41. The number of aromatic nitrogens is 3. The zero-order chi connectivity index (χ0) is 31.8. The van der Waals surface area contributed by atoms with Crippen molar-refractivity contribution in [1.29, 1.82) is 0 Å². The number of nitrogens with zero attached hydrogens (tertiary/aromatic N) is 6. The van der Waals surface area contributed by atoms with Gasteiger partial charge in [0.05, 0.1) is 35.2 Å². The van der Waals surface area contributed by atoms with Crippen LogP contribution in [0.3, 0.4) is 0 Å². The van der Waals surface area contributed by atoms with Gasteiger partial charge in [-0.15, -0.1) is 0 Å². The van der Waals surface area contributed by atoms with Gasteiger partial charge in [-0.05, 0) is 68.6 Å². The lowest BCUT2D eigenvalue weighted by molar-refractivity contribution is -0.138. The third-order valence-electron chi connectivity index (χ3n) is 8.39. The van der Waals surface area contributed by atoms with Crippen LogP contribution in [0.4, 0.5) is 24.8 Å². The Morgan fingerprint density at radius 2 is 2.00 bits per heavy atom. The summed E-state index contributed by atoms with van der Waals surface area (Å²) in [5.41, 5.74) is 3.73. The molecule has 2 aromatic heterocycles. The molecule has 0 radical (unpaired) electrons. The Morgan fingerprint density at radius 1 is 1.25 bits per heavy atom. The molecule has 14 heteroatoms. The van der Waals surface area contributed by atoms with Gasteiger partial charge in [0.15, 0.2) is 0 Å². The number of ether oxygens (including phenoxy) is 1. The van der Waals surface area contributed by atoms with Gasteiger partial charge in [-0.3, -0.25) is 24.3 Å². The van der Waals surface area contributed by atoms with Crippen molar-refractivity contribution in [3.05, 3.63) is 58.3 Å². The molecule has 1 saturated carbocycles. The molecule has 1 aliphatic heterocycles. The lowest BCUT2D eigenvalue weighted by Crippen LogP contribution is -2.48. The van der Waals surface area contributed by atoms with E-state index < -0.39 is 17.6 Å². The molecule has 1 aliphatic carbocycles. The Balaban J connectivity index is 1.53. The molecule has 4 N–H and O–H groups in total. The maximum absolute atomic E-state index is 14.4. The predicted octanol–water partition coefficient (Wildman–Crippen LogP) is 3.93. The normalized spacial score (nSPS) is 16.4. The van der Waals surface area contributed by atoms with Crippen molar-refractivity contribution in [3.63, 3.8) is 0 Å². The smallest absolute Gasteiger partial charge is 0.377 e. The first-order valence-electron chi connectivity index (χ1n) is 14.4. The van der Waals surface area contributed by atoms with Crippen LogP contribution in [-0.4, -0.2) is 71.3 Å². The number of hydrazine groups is 1. The van der Waals surface area contributed by atoms with E-state index in [0.29, 0.717) is 47.1 Å². The van der Waals surface area contributed by atoms with E-state index in [4.69, 9.17) is 10.6 Å². The maximum Gasteiger partial charge on any atom is 0.416 e. The lowest BCUT2D eigenvalue weighted by Gasteiger charge is -2.43. The number of amidine groups is 1. The number of carbonyl (C=O) groups is 1. The highest BCUT2D eigenvalue weighted by Gasteiger charge is 2.42. The fraction of sp³-hybridized carbons (Fsp3) is 0.467. The van der Waals surface area contributed by atoms with E-state index in [0.717, 1.165) is 25.3 Å². The van der Waals surface area contributed by atoms with Gasteiger partial charge >= 0.3 is 6.18 Å². The van der Waals surface area contributed by atoms with E-state index in [-0.39, 0.29) is 35.6 Å². The maximum atomic E-state index is 14.4. The molecule has 236 valence electrons. The number of carbonyl (C=O) groups excluding carboxylic acids is 1. The number of methoxy groups -OCH3 is 1. The summed E-state index contributed by atoms with van der Waals surface area (Å²) in [4.78, 5) is 25.9. The van der Waals surface area contributed by atoms with E-state index in [1.165, 1.54) is 4.90 Å². The number of alkyl halides is 3. The average Bonchev–Trinajstić information content (AvgIpc) is 3.50. The van der Waals surface area contributed by atoms with Crippen molar-refractivity contribution in [3.8, 4) is 11.3 Å². The van der Waals surface area contributed by atoms with Crippen LogP contribution in [0.15, 0.2) is 35.5 Å². The number of fused-ring (bicyclic) bond motifs is 1. The Bertz CT molecular complexity index is 1570. The molecule has 5 rings (SSSR count). The van der Waals surface area contributed by atoms with Crippen molar-refractivity contribution in [2.75, 3.05) is 44.5 Å². The first-order valence-corrected chi connectivity index (χ1v) is 14.4. The Kier molecular flexibility index (Phi) is 8.69. The zero-order valence-electron chi connectivity index (χ0n) is 25.5. The number of aliphatic imine (C=N–C) groups is 1. The van der Waals surface area contributed by atoms with E-state index in [1.807, 2.05) is 18.9 Å². The van der Waals surface area contributed by atoms with E-state index in [1.54, 1.807) is 50.3 Å². The number of hydrogen-bond donors (Lipinski definition) is 3. The topological polar surface area (TPSA) is 126 Å². The minimum Gasteiger partial charge on any atom is -0.377 e. The molecule has 44 heavy (non-hydrogen) atoms. The molecular weight excluding hydrogens is 575 g/mol. The highest BCUT2D eigenvalue weighted by atomic mass is 19.4. The zero-order valence-corrected chi connectivity index (χ0v) is 25.5. The van der Waals surface area contributed by atoms with Crippen LogP contribution in [0.25, 0.3) is 11.3 Å². The summed E-state index contributed by atoms with van der Waals surface area (Å²) in [6.07, 6.45) is -0.150. The average molecular weight is 614 g/mol. The molecule has 0 atom stereocenters. The predicted molar refractivity (Wildman–Crippen MR) is 162 cm³/mol. The van der Waals surface area contributed by atoms with Crippen molar-refractivity contribution in [2.45, 2.75) is 51.1 Å². The molecule has 3 heterocycles. The van der Waals surface area contributed by atoms with Crippen molar-refractivity contribution in [2.24, 2.45) is 17.9 Å². The van der Waals surface area contributed by atoms with Crippen LogP contribution in [0.5, 0.6) is 0 Å². The number of likely N-dealkylation sites (N-methyl/N-ethyl adjacent to an activating group) is 1. The molecule has 2 aliphatic rings. The number of rotatable bonds is 10. The molecule has 0 saturated heterocycles. The highest BCUT2D eigenvalue weighted by molar-refractivity contribution is 6.10. The number of amides is 1. The Labute approximate surface area is 254 Å². The fourth-order valence-electron chi connectivity index (χ4n) is 6.13. The van der Waals surface area contributed by atoms with Crippen LogP contribution in [-0.2, 0) is 31.1 Å². The van der Waals surface area contributed by atoms with Crippen molar-refractivity contribution in [1.82, 2.24) is 25.1 Å². The second-order valence-corrected chi connectivity index (χ2v) is 11.3. The second-order valence-electron chi connectivity index (χ2n) is 11.3. The summed E-state index contributed by atoms with van der Waals surface area (Å²) >= 11 is 0. The number of halogens is 3. The number of aryl methyl sites for hydroxylation is 1. The largest absolute Gasteiger partial charge is 0.416 e. The number of nitrogens with two attached hydrogens (primary N) is 1. The van der Waals surface area contributed by atoms with Gasteiger partial charge in [0.2, 0.25) is 0 Å². The molecular formula is C30H38F3N9O2. The second kappa shape index (κ2) is 12.2. The summed E-state index contributed by atoms with van der Waals surface area (Å²) in [5, 5.41) is 7.51. The van der Waals surface area contributed by atoms with Crippen LogP contribution >= 0.6 is 0 Å². The van der Waals surface area contributed by atoms with Gasteiger partial charge in [0, 0.05) is 52.0 Å². The molecule has 3 aromatic rings.